The van der Waals surface area contributed by atoms with Gasteiger partial charge in [0.1, 0.15) is 0 Å². The van der Waals surface area contributed by atoms with Gasteiger partial charge in [-0.1, -0.05) is 6.92 Å². The van der Waals surface area contributed by atoms with Crippen molar-refractivity contribution in [1.29, 1.82) is 0 Å². The van der Waals surface area contributed by atoms with E-state index in [0.717, 1.165) is 0 Å². The molecule has 70 valence electrons. The number of hydrogen-bond acceptors (Lipinski definition) is 4. The molecular weight excluding hydrogens is 172 g/mol. The Morgan fingerprint density at radius 2 is 2.38 bits per heavy atom. The second-order valence-electron chi connectivity index (χ2n) is 2.56. The minimum Gasteiger partial charge on any atom is -0.422 e. The molecule has 4 heteroatoms. The van der Waals surface area contributed by atoms with Gasteiger partial charge in [-0.3, -0.25) is 9.59 Å². The molecule has 1 aromatic rings. The van der Waals surface area contributed by atoms with Gasteiger partial charge in [0.15, 0.2) is 12.0 Å². The van der Waals surface area contributed by atoms with Crippen molar-refractivity contribution >= 4 is 12.3 Å². The largest absolute Gasteiger partial charge is 0.422 e. The van der Waals surface area contributed by atoms with Crippen molar-refractivity contribution in [3.8, 4) is 5.95 Å². The normalized spacial score (nSPS) is 9.69. The van der Waals surface area contributed by atoms with Crippen LogP contribution in [0, 0.1) is 6.92 Å². The van der Waals surface area contributed by atoms with Gasteiger partial charge < -0.3 is 9.15 Å². The van der Waals surface area contributed by atoms with Gasteiger partial charge in [-0.25, -0.2) is 0 Å². The van der Waals surface area contributed by atoms with Gasteiger partial charge >= 0.3 is 5.97 Å². The number of rotatable bonds is 3. The van der Waals surface area contributed by atoms with E-state index in [1.165, 1.54) is 6.07 Å². The van der Waals surface area contributed by atoms with Gasteiger partial charge in [0.2, 0.25) is 0 Å². The fourth-order valence-electron chi connectivity index (χ4n) is 0.818. The standard InChI is InChI=1S/C9H10O4/c1-3-8(11)13-9-4-6(2)7(5-10)12-9/h4-5H,3H2,1-2H3. The number of aryl methyl sites for hydroxylation is 1. The lowest BCUT2D eigenvalue weighted by molar-refractivity contribution is -0.135. The summed E-state index contributed by atoms with van der Waals surface area (Å²) in [6.45, 7) is 3.38. The number of hydrogen-bond donors (Lipinski definition) is 0. The molecule has 13 heavy (non-hydrogen) atoms. The predicted octanol–water partition coefficient (Wildman–Crippen LogP) is 1.72. The molecule has 0 aromatic carbocycles. The van der Waals surface area contributed by atoms with Crippen molar-refractivity contribution in [2.45, 2.75) is 20.3 Å². The van der Waals surface area contributed by atoms with Crippen LogP contribution in [0.5, 0.6) is 5.95 Å². The highest BCUT2D eigenvalue weighted by Crippen LogP contribution is 2.19. The molecule has 0 atom stereocenters. The van der Waals surface area contributed by atoms with E-state index in [2.05, 4.69) is 0 Å². The van der Waals surface area contributed by atoms with Crippen LogP contribution in [0.3, 0.4) is 0 Å². The Morgan fingerprint density at radius 1 is 1.69 bits per heavy atom. The van der Waals surface area contributed by atoms with E-state index in [4.69, 9.17) is 9.15 Å². The zero-order valence-electron chi connectivity index (χ0n) is 7.49. The van der Waals surface area contributed by atoms with Crippen LogP contribution < -0.4 is 4.74 Å². The molecule has 0 unspecified atom stereocenters. The molecule has 0 radical (unpaired) electrons. The lowest BCUT2D eigenvalue weighted by atomic mass is 10.3. The Labute approximate surface area is 75.5 Å². The molecule has 0 aliphatic heterocycles. The maximum atomic E-state index is 10.8. The van der Waals surface area contributed by atoms with Gasteiger partial charge in [0.05, 0.1) is 0 Å². The fourth-order valence-corrected chi connectivity index (χ4v) is 0.818. The summed E-state index contributed by atoms with van der Waals surface area (Å²) in [5, 5.41) is 0. The van der Waals surface area contributed by atoms with Crippen LogP contribution in [0.1, 0.15) is 29.5 Å². The van der Waals surface area contributed by atoms with E-state index >= 15 is 0 Å². The summed E-state index contributed by atoms with van der Waals surface area (Å²) in [7, 11) is 0. The number of carbonyl (C=O) groups is 2. The molecular formula is C9H10O4. The van der Waals surface area contributed by atoms with Gasteiger partial charge in [0, 0.05) is 18.1 Å². The maximum absolute atomic E-state index is 10.8. The summed E-state index contributed by atoms with van der Waals surface area (Å²) < 4.78 is 9.69. The van der Waals surface area contributed by atoms with Crippen LogP contribution in [0.2, 0.25) is 0 Å². The van der Waals surface area contributed by atoms with Crippen molar-refractivity contribution < 1.29 is 18.7 Å². The molecule has 4 nitrogen and oxygen atoms in total. The van der Waals surface area contributed by atoms with Crippen LogP contribution in [-0.2, 0) is 4.79 Å². The van der Waals surface area contributed by atoms with Crippen molar-refractivity contribution in [3.63, 3.8) is 0 Å². The number of ether oxygens (including phenoxy) is 1. The van der Waals surface area contributed by atoms with E-state index in [1.807, 2.05) is 0 Å². The van der Waals surface area contributed by atoms with Gasteiger partial charge in [-0.15, -0.1) is 0 Å². The molecule has 0 N–H and O–H groups in total. The molecule has 1 rings (SSSR count). The third-order valence-electron chi connectivity index (χ3n) is 1.54. The third kappa shape index (κ3) is 2.18. The zero-order valence-corrected chi connectivity index (χ0v) is 7.49. The summed E-state index contributed by atoms with van der Waals surface area (Å²) in [6, 6.07) is 1.51. The average Bonchev–Trinajstić information content (AvgIpc) is 2.46. The molecule has 0 saturated heterocycles. The van der Waals surface area contributed by atoms with Crippen molar-refractivity contribution in [2.75, 3.05) is 0 Å². The molecule has 0 saturated carbocycles. The summed E-state index contributed by atoms with van der Waals surface area (Å²) in [5.41, 5.74) is 0.661. The summed E-state index contributed by atoms with van der Waals surface area (Å²) in [5.74, 6) is -0.114. The van der Waals surface area contributed by atoms with Crippen molar-refractivity contribution in [3.05, 3.63) is 17.4 Å². The first-order valence-electron chi connectivity index (χ1n) is 3.93. The number of furan rings is 1. The van der Waals surface area contributed by atoms with Gasteiger partial charge in [-0.05, 0) is 6.92 Å². The highest BCUT2D eigenvalue weighted by molar-refractivity contribution is 5.75. The SMILES string of the molecule is CCC(=O)Oc1cc(C)c(C=O)o1. The first kappa shape index (κ1) is 9.51. The quantitative estimate of drug-likeness (QED) is 0.527. The van der Waals surface area contributed by atoms with Gasteiger partial charge in [0.25, 0.3) is 5.95 Å². The minimum atomic E-state index is -0.383. The molecule has 0 spiro atoms. The summed E-state index contributed by atoms with van der Waals surface area (Å²) in [6.07, 6.45) is 0.856. The molecule has 0 amide bonds. The zero-order chi connectivity index (χ0) is 9.84. The Bertz CT molecular complexity index is 324. The Kier molecular flexibility index (Phi) is 2.84. The third-order valence-corrected chi connectivity index (χ3v) is 1.54. The Balaban J connectivity index is 2.79. The van der Waals surface area contributed by atoms with Crippen LogP contribution in [0.4, 0.5) is 0 Å². The van der Waals surface area contributed by atoms with Crippen molar-refractivity contribution in [1.82, 2.24) is 0 Å². The highest BCUT2D eigenvalue weighted by Gasteiger charge is 2.09. The first-order chi connectivity index (χ1) is 6.17. The number of aldehydes is 1. The predicted molar refractivity (Wildman–Crippen MR) is 44.8 cm³/mol. The molecule has 1 aromatic heterocycles. The van der Waals surface area contributed by atoms with E-state index in [-0.39, 0.29) is 24.1 Å². The lowest BCUT2D eigenvalue weighted by Crippen LogP contribution is -2.04. The minimum absolute atomic E-state index is 0.0754. The number of esters is 1. The second kappa shape index (κ2) is 3.89. The van der Waals surface area contributed by atoms with Crippen LogP contribution >= 0.6 is 0 Å². The van der Waals surface area contributed by atoms with Crippen LogP contribution in [-0.4, -0.2) is 12.3 Å². The fraction of sp³-hybridized carbons (Fsp3) is 0.333. The first-order valence-corrected chi connectivity index (χ1v) is 3.93. The average molecular weight is 182 g/mol. The Hall–Kier alpha value is -1.58. The molecule has 0 aliphatic rings. The Morgan fingerprint density at radius 3 is 2.85 bits per heavy atom. The molecule has 0 bridgehead atoms. The molecule has 0 aliphatic carbocycles. The van der Waals surface area contributed by atoms with E-state index < -0.39 is 0 Å². The topological polar surface area (TPSA) is 56.5 Å². The van der Waals surface area contributed by atoms with E-state index in [1.54, 1.807) is 13.8 Å². The van der Waals surface area contributed by atoms with Gasteiger partial charge in [-0.2, -0.15) is 0 Å². The summed E-state index contributed by atoms with van der Waals surface area (Å²) >= 11 is 0. The van der Waals surface area contributed by atoms with Crippen LogP contribution in [0.15, 0.2) is 10.5 Å². The second-order valence-corrected chi connectivity index (χ2v) is 2.56. The monoisotopic (exact) mass is 182 g/mol. The van der Waals surface area contributed by atoms with E-state index in [9.17, 15) is 9.59 Å². The van der Waals surface area contributed by atoms with Crippen LogP contribution in [0.25, 0.3) is 0 Å². The highest BCUT2D eigenvalue weighted by atomic mass is 16.6. The molecule has 0 fully saturated rings. The van der Waals surface area contributed by atoms with E-state index in [0.29, 0.717) is 11.8 Å². The number of carbonyl (C=O) groups excluding carboxylic acids is 2. The molecule has 1 heterocycles. The maximum Gasteiger partial charge on any atom is 0.313 e. The smallest absolute Gasteiger partial charge is 0.313 e. The lowest BCUT2D eigenvalue weighted by Gasteiger charge is -1.95. The summed E-state index contributed by atoms with van der Waals surface area (Å²) in [4.78, 5) is 21.2. The van der Waals surface area contributed by atoms with Crippen molar-refractivity contribution in [2.24, 2.45) is 0 Å².